The van der Waals surface area contributed by atoms with Crippen molar-refractivity contribution < 1.29 is 14.4 Å². The minimum Gasteiger partial charge on any atom is -0.341 e. The number of para-hydroxylation sites is 1. The van der Waals surface area contributed by atoms with E-state index in [-0.39, 0.29) is 24.4 Å². The van der Waals surface area contributed by atoms with Crippen molar-refractivity contribution in [2.45, 2.75) is 18.9 Å². The Morgan fingerprint density at radius 1 is 1.07 bits per heavy atom. The highest BCUT2D eigenvalue weighted by molar-refractivity contribution is 5.98. The molecule has 2 N–H and O–H groups in total. The molecule has 4 amide bonds. The van der Waals surface area contributed by atoms with Gasteiger partial charge in [0.15, 0.2) is 0 Å². The fourth-order valence-corrected chi connectivity index (χ4v) is 3.72. The summed E-state index contributed by atoms with van der Waals surface area (Å²) in [6, 6.07) is 9.22. The minimum absolute atomic E-state index is 0.0965. The molecule has 0 spiro atoms. The molecule has 0 radical (unpaired) electrons. The number of nitrogens with zero attached hydrogens (tertiary/aromatic N) is 3. The largest absolute Gasteiger partial charge is 0.341 e. The highest BCUT2D eigenvalue weighted by atomic mass is 16.2. The first-order valence-electron chi connectivity index (χ1n) is 9.43. The van der Waals surface area contributed by atoms with E-state index < -0.39 is 6.03 Å². The molecule has 0 saturated carbocycles. The maximum atomic E-state index is 13.0. The van der Waals surface area contributed by atoms with Gasteiger partial charge in [0.2, 0.25) is 11.8 Å². The molecule has 0 aliphatic carbocycles. The molecular formula is C19H27N5O3. The monoisotopic (exact) mass is 373 g/mol. The number of carbonyl (C=O) groups excluding carboxylic acids is 3. The van der Waals surface area contributed by atoms with Crippen LogP contribution >= 0.6 is 0 Å². The van der Waals surface area contributed by atoms with Crippen LogP contribution in [0.25, 0.3) is 0 Å². The van der Waals surface area contributed by atoms with Crippen LogP contribution in [-0.4, -0.2) is 80.0 Å². The number of benzene rings is 1. The third kappa shape index (κ3) is 4.84. The third-order valence-electron chi connectivity index (χ3n) is 5.17. The van der Waals surface area contributed by atoms with Crippen molar-refractivity contribution in [2.24, 2.45) is 0 Å². The molecule has 8 heteroatoms. The second kappa shape index (κ2) is 8.96. The predicted molar refractivity (Wildman–Crippen MR) is 102 cm³/mol. The second-order valence-corrected chi connectivity index (χ2v) is 6.92. The summed E-state index contributed by atoms with van der Waals surface area (Å²) in [6.45, 7) is 3.85. The number of hydrogen-bond donors (Lipinski definition) is 2. The number of amides is 4. The SMILES string of the molecule is CNC(=O)NC(=O)CN1CCN(C2CCCN(c3ccccc3)C2=O)CC1. The number of hydrogen-bond acceptors (Lipinski definition) is 5. The molecule has 27 heavy (non-hydrogen) atoms. The van der Waals surface area contributed by atoms with E-state index in [4.69, 9.17) is 0 Å². The van der Waals surface area contributed by atoms with E-state index in [2.05, 4.69) is 15.5 Å². The van der Waals surface area contributed by atoms with Crippen molar-refractivity contribution in [2.75, 3.05) is 51.2 Å². The predicted octanol–water partition coefficient (Wildman–Crippen LogP) is 0.255. The summed E-state index contributed by atoms with van der Waals surface area (Å²) in [5.41, 5.74) is 0.955. The highest BCUT2D eigenvalue weighted by Crippen LogP contribution is 2.24. The lowest BCUT2D eigenvalue weighted by Gasteiger charge is -2.42. The van der Waals surface area contributed by atoms with E-state index in [9.17, 15) is 14.4 Å². The van der Waals surface area contributed by atoms with Gasteiger partial charge in [-0.05, 0) is 25.0 Å². The number of rotatable bonds is 4. The second-order valence-electron chi connectivity index (χ2n) is 6.92. The number of urea groups is 1. The van der Waals surface area contributed by atoms with E-state index in [1.807, 2.05) is 40.1 Å². The lowest BCUT2D eigenvalue weighted by atomic mass is 10.0. The lowest BCUT2D eigenvalue weighted by Crippen LogP contribution is -2.58. The molecule has 0 aromatic heterocycles. The maximum Gasteiger partial charge on any atom is 0.321 e. The van der Waals surface area contributed by atoms with Gasteiger partial charge in [0.25, 0.3) is 0 Å². The van der Waals surface area contributed by atoms with Crippen LogP contribution < -0.4 is 15.5 Å². The Kier molecular flexibility index (Phi) is 6.41. The summed E-state index contributed by atoms with van der Waals surface area (Å²) in [5, 5.41) is 4.64. The number of piperidine rings is 1. The molecule has 146 valence electrons. The zero-order chi connectivity index (χ0) is 19.2. The molecule has 2 heterocycles. The Hall–Kier alpha value is -2.45. The van der Waals surface area contributed by atoms with Gasteiger partial charge >= 0.3 is 6.03 Å². The molecule has 1 aromatic rings. The number of piperazine rings is 1. The van der Waals surface area contributed by atoms with E-state index in [0.717, 1.165) is 38.2 Å². The summed E-state index contributed by atoms with van der Waals surface area (Å²) < 4.78 is 0. The number of anilines is 1. The zero-order valence-corrected chi connectivity index (χ0v) is 15.7. The maximum absolute atomic E-state index is 13.0. The molecule has 1 unspecified atom stereocenters. The topological polar surface area (TPSA) is 85.0 Å². The normalized spacial score (nSPS) is 21.7. The molecular weight excluding hydrogens is 346 g/mol. The first kappa shape index (κ1) is 19.3. The van der Waals surface area contributed by atoms with Gasteiger partial charge in [-0.2, -0.15) is 0 Å². The molecule has 2 aliphatic rings. The van der Waals surface area contributed by atoms with E-state index >= 15 is 0 Å². The average Bonchev–Trinajstić information content (AvgIpc) is 2.69. The summed E-state index contributed by atoms with van der Waals surface area (Å²) in [6.07, 6.45) is 1.86. The van der Waals surface area contributed by atoms with Crippen molar-refractivity contribution >= 4 is 23.5 Å². The Bertz CT molecular complexity index is 673. The Labute approximate surface area is 159 Å². The average molecular weight is 373 g/mol. The van der Waals surface area contributed by atoms with E-state index in [0.29, 0.717) is 13.1 Å². The molecule has 0 bridgehead atoms. The number of imide groups is 1. The summed E-state index contributed by atoms with van der Waals surface area (Å²) in [7, 11) is 1.47. The minimum atomic E-state index is -0.493. The Balaban J connectivity index is 1.52. The highest BCUT2D eigenvalue weighted by Gasteiger charge is 2.35. The Morgan fingerprint density at radius 3 is 2.44 bits per heavy atom. The summed E-state index contributed by atoms with van der Waals surface area (Å²) in [4.78, 5) is 42.1. The van der Waals surface area contributed by atoms with Crippen molar-refractivity contribution in [1.29, 1.82) is 0 Å². The molecule has 2 saturated heterocycles. The van der Waals surface area contributed by atoms with E-state index in [1.54, 1.807) is 0 Å². The van der Waals surface area contributed by atoms with Crippen LogP contribution in [0, 0.1) is 0 Å². The standard InChI is InChI=1S/C19H27N5O3/c1-20-19(27)21-17(25)14-22-10-12-23(13-11-22)16-8-5-9-24(18(16)26)15-6-3-2-4-7-15/h2-4,6-7,16H,5,8-14H2,1H3,(H2,20,21,25,27). The van der Waals surface area contributed by atoms with Crippen LogP contribution in [0.3, 0.4) is 0 Å². The van der Waals surface area contributed by atoms with Gasteiger partial charge in [0.1, 0.15) is 0 Å². The van der Waals surface area contributed by atoms with Crippen molar-refractivity contribution in [3.05, 3.63) is 30.3 Å². The van der Waals surface area contributed by atoms with Gasteiger partial charge < -0.3 is 10.2 Å². The van der Waals surface area contributed by atoms with Gasteiger partial charge in [-0.1, -0.05) is 18.2 Å². The zero-order valence-electron chi connectivity index (χ0n) is 15.7. The quantitative estimate of drug-likeness (QED) is 0.791. The molecule has 1 aromatic carbocycles. The molecule has 2 aliphatic heterocycles. The van der Waals surface area contributed by atoms with Gasteiger partial charge in [-0.3, -0.25) is 24.7 Å². The number of carbonyl (C=O) groups is 3. The van der Waals surface area contributed by atoms with Crippen LogP contribution in [-0.2, 0) is 9.59 Å². The molecule has 3 rings (SSSR count). The summed E-state index contributed by atoms with van der Waals surface area (Å²) >= 11 is 0. The van der Waals surface area contributed by atoms with Gasteiger partial charge in [0.05, 0.1) is 12.6 Å². The van der Waals surface area contributed by atoms with Gasteiger partial charge in [0, 0.05) is 45.5 Å². The summed E-state index contributed by atoms with van der Waals surface area (Å²) in [5.74, 6) is -0.148. The smallest absolute Gasteiger partial charge is 0.321 e. The van der Waals surface area contributed by atoms with Crippen molar-refractivity contribution in [3.63, 3.8) is 0 Å². The molecule has 8 nitrogen and oxygen atoms in total. The number of nitrogens with one attached hydrogen (secondary N) is 2. The van der Waals surface area contributed by atoms with Crippen LogP contribution in [0.15, 0.2) is 30.3 Å². The van der Waals surface area contributed by atoms with Crippen LogP contribution in [0.4, 0.5) is 10.5 Å². The first-order valence-corrected chi connectivity index (χ1v) is 9.43. The van der Waals surface area contributed by atoms with Crippen molar-refractivity contribution in [1.82, 2.24) is 20.4 Å². The van der Waals surface area contributed by atoms with Gasteiger partial charge in [-0.15, -0.1) is 0 Å². The molecule has 2 fully saturated rings. The van der Waals surface area contributed by atoms with Crippen LogP contribution in [0.1, 0.15) is 12.8 Å². The fraction of sp³-hybridized carbons (Fsp3) is 0.526. The van der Waals surface area contributed by atoms with Gasteiger partial charge in [-0.25, -0.2) is 4.79 Å². The fourth-order valence-electron chi connectivity index (χ4n) is 3.72. The Morgan fingerprint density at radius 2 is 1.78 bits per heavy atom. The first-order chi connectivity index (χ1) is 13.1. The molecule has 1 atom stereocenters. The third-order valence-corrected chi connectivity index (χ3v) is 5.17. The van der Waals surface area contributed by atoms with Crippen LogP contribution in [0.5, 0.6) is 0 Å². The lowest BCUT2D eigenvalue weighted by molar-refractivity contribution is -0.127. The van der Waals surface area contributed by atoms with E-state index in [1.165, 1.54) is 7.05 Å². The van der Waals surface area contributed by atoms with Crippen molar-refractivity contribution in [3.8, 4) is 0 Å². The van der Waals surface area contributed by atoms with Crippen LogP contribution in [0.2, 0.25) is 0 Å².